The smallest absolute Gasteiger partial charge is 0.0411 e. The highest BCUT2D eigenvalue weighted by Crippen LogP contribution is 2.40. The predicted octanol–water partition coefficient (Wildman–Crippen LogP) is 4.59. The molecule has 0 radical (unpaired) electrons. The first kappa shape index (κ1) is 16.4. The molecule has 21 heavy (non-hydrogen) atoms. The van der Waals surface area contributed by atoms with E-state index < -0.39 is 0 Å². The number of rotatable bonds is 4. The Balaban J connectivity index is 1.94. The number of hydrogen-bond acceptors (Lipinski definition) is 2. The second-order valence-electron chi connectivity index (χ2n) is 7.83. The highest BCUT2D eigenvalue weighted by atomic mass is 14.9. The minimum Gasteiger partial charge on any atom is -0.381 e. The molecule has 2 rings (SSSR count). The van der Waals surface area contributed by atoms with Gasteiger partial charge in [0.15, 0.2) is 0 Å². The van der Waals surface area contributed by atoms with Gasteiger partial charge >= 0.3 is 0 Å². The van der Waals surface area contributed by atoms with Crippen LogP contribution < -0.4 is 11.1 Å². The number of anilines is 1. The van der Waals surface area contributed by atoms with Gasteiger partial charge in [0.1, 0.15) is 0 Å². The summed E-state index contributed by atoms with van der Waals surface area (Å²) < 4.78 is 0. The van der Waals surface area contributed by atoms with Crippen molar-refractivity contribution in [3.8, 4) is 0 Å². The minimum atomic E-state index is 0.410. The lowest BCUT2D eigenvalue weighted by atomic mass is 9.68. The van der Waals surface area contributed by atoms with Crippen LogP contribution in [0.5, 0.6) is 0 Å². The maximum Gasteiger partial charge on any atom is 0.0411 e. The molecule has 0 heterocycles. The third kappa shape index (κ3) is 4.47. The van der Waals surface area contributed by atoms with E-state index in [2.05, 4.69) is 57.3 Å². The van der Waals surface area contributed by atoms with Gasteiger partial charge < -0.3 is 11.1 Å². The van der Waals surface area contributed by atoms with Gasteiger partial charge in [-0.15, -0.1) is 0 Å². The molecule has 1 atom stereocenters. The Morgan fingerprint density at radius 1 is 1.19 bits per heavy atom. The van der Waals surface area contributed by atoms with Gasteiger partial charge in [-0.3, -0.25) is 0 Å². The second-order valence-corrected chi connectivity index (χ2v) is 7.83. The van der Waals surface area contributed by atoms with E-state index in [4.69, 9.17) is 5.73 Å². The van der Waals surface area contributed by atoms with Crippen molar-refractivity contribution in [2.24, 2.45) is 23.0 Å². The molecule has 1 aliphatic rings. The van der Waals surface area contributed by atoms with E-state index in [9.17, 15) is 0 Å². The standard InChI is InChI=1S/C19H32N2/c1-14-6-5-7-17(12-14)21-18(13-20)15-8-10-16(11-9-15)19(2,3)4/h5-7,12,15-16,18,21H,8-11,13,20H2,1-4H3. The Bertz CT molecular complexity index is 439. The first-order chi connectivity index (χ1) is 9.90. The first-order valence-corrected chi connectivity index (χ1v) is 8.43. The molecule has 1 aromatic carbocycles. The minimum absolute atomic E-state index is 0.410. The van der Waals surface area contributed by atoms with Crippen molar-refractivity contribution in [1.29, 1.82) is 0 Å². The quantitative estimate of drug-likeness (QED) is 0.850. The Labute approximate surface area is 130 Å². The summed E-state index contributed by atoms with van der Waals surface area (Å²) in [6.45, 7) is 9.99. The van der Waals surface area contributed by atoms with E-state index >= 15 is 0 Å². The van der Waals surface area contributed by atoms with E-state index in [1.54, 1.807) is 0 Å². The maximum atomic E-state index is 6.05. The van der Waals surface area contributed by atoms with Crippen molar-refractivity contribution in [3.63, 3.8) is 0 Å². The molecular formula is C19H32N2. The topological polar surface area (TPSA) is 38.0 Å². The van der Waals surface area contributed by atoms with Crippen molar-refractivity contribution in [2.45, 2.75) is 59.4 Å². The summed E-state index contributed by atoms with van der Waals surface area (Å²) in [5.74, 6) is 1.58. The van der Waals surface area contributed by atoms with Crippen molar-refractivity contribution in [3.05, 3.63) is 29.8 Å². The molecule has 0 amide bonds. The fourth-order valence-electron chi connectivity index (χ4n) is 3.71. The Morgan fingerprint density at radius 3 is 2.38 bits per heavy atom. The van der Waals surface area contributed by atoms with Crippen LogP contribution in [-0.2, 0) is 0 Å². The highest BCUT2D eigenvalue weighted by molar-refractivity contribution is 5.46. The van der Waals surface area contributed by atoms with E-state index in [1.807, 2.05) is 0 Å². The van der Waals surface area contributed by atoms with Crippen LogP contribution in [0, 0.1) is 24.2 Å². The summed E-state index contributed by atoms with van der Waals surface area (Å²) in [5, 5.41) is 3.67. The van der Waals surface area contributed by atoms with Crippen molar-refractivity contribution in [2.75, 3.05) is 11.9 Å². The molecule has 3 N–H and O–H groups in total. The van der Waals surface area contributed by atoms with Crippen LogP contribution in [0.3, 0.4) is 0 Å². The predicted molar refractivity (Wildman–Crippen MR) is 92.5 cm³/mol. The molecule has 0 spiro atoms. The Hall–Kier alpha value is -1.02. The van der Waals surface area contributed by atoms with E-state index in [0.717, 1.165) is 12.5 Å². The molecule has 1 fully saturated rings. The molecule has 0 aromatic heterocycles. The summed E-state index contributed by atoms with van der Waals surface area (Å²) in [5.41, 5.74) is 9.01. The van der Waals surface area contributed by atoms with Gasteiger partial charge in [0.05, 0.1) is 0 Å². The van der Waals surface area contributed by atoms with Gasteiger partial charge in [0.25, 0.3) is 0 Å². The SMILES string of the molecule is Cc1cccc(NC(CN)C2CCC(C(C)(C)C)CC2)c1. The first-order valence-electron chi connectivity index (χ1n) is 8.43. The van der Waals surface area contributed by atoms with Crippen LogP contribution in [0.4, 0.5) is 5.69 Å². The summed E-state index contributed by atoms with van der Waals surface area (Å²) in [7, 11) is 0. The average molecular weight is 288 g/mol. The molecule has 1 aromatic rings. The fourth-order valence-corrected chi connectivity index (χ4v) is 3.71. The van der Waals surface area contributed by atoms with Crippen molar-refractivity contribution < 1.29 is 0 Å². The lowest BCUT2D eigenvalue weighted by Crippen LogP contribution is -2.39. The average Bonchev–Trinajstić information content (AvgIpc) is 2.44. The maximum absolute atomic E-state index is 6.05. The van der Waals surface area contributed by atoms with Gasteiger partial charge in [-0.2, -0.15) is 0 Å². The number of nitrogens with two attached hydrogens (primary N) is 1. The van der Waals surface area contributed by atoms with Crippen LogP contribution in [-0.4, -0.2) is 12.6 Å². The largest absolute Gasteiger partial charge is 0.381 e. The fraction of sp³-hybridized carbons (Fsp3) is 0.684. The Morgan fingerprint density at radius 2 is 1.86 bits per heavy atom. The van der Waals surface area contributed by atoms with Crippen molar-refractivity contribution in [1.82, 2.24) is 0 Å². The number of nitrogens with one attached hydrogen (secondary N) is 1. The van der Waals surface area contributed by atoms with Crippen LogP contribution >= 0.6 is 0 Å². The number of benzene rings is 1. The molecule has 1 unspecified atom stereocenters. The van der Waals surface area contributed by atoms with Gasteiger partial charge in [0.2, 0.25) is 0 Å². The van der Waals surface area contributed by atoms with Gasteiger partial charge in [0, 0.05) is 18.3 Å². The lowest BCUT2D eigenvalue weighted by Gasteiger charge is -2.39. The third-order valence-electron chi connectivity index (χ3n) is 5.19. The monoisotopic (exact) mass is 288 g/mol. The summed E-state index contributed by atoms with van der Waals surface area (Å²) in [4.78, 5) is 0. The lowest BCUT2D eigenvalue weighted by molar-refractivity contribution is 0.143. The Kier molecular flexibility index (Phi) is 5.32. The summed E-state index contributed by atoms with van der Waals surface area (Å²) in [6, 6.07) is 9.02. The van der Waals surface area contributed by atoms with E-state index in [-0.39, 0.29) is 0 Å². The van der Waals surface area contributed by atoms with Gasteiger partial charge in [-0.25, -0.2) is 0 Å². The molecule has 0 aliphatic heterocycles. The zero-order valence-electron chi connectivity index (χ0n) is 14.2. The zero-order valence-corrected chi connectivity index (χ0v) is 14.2. The summed E-state index contributed by atoms with van der Waals surface area (Å²) >= 11 is 0. The molecule has 2 nitrogen and oxygen atoms in total. The zero-order chi connectivity index (χ0) is 15.5. The van der Waals surface area contributed by atoms with Gasteiger partial charge in [-0.1, -0.05) is 32.9 Å². The van der Waals surface area contributed by atoms with E-state index in [0.29, 0.717) is 17.4 Å². The molecule has 0 bridgehead atoms. The van der Waals surface area contributed by atoms with Crippen LogP contribution in [0.2, 0.25) is 0 Å². The summed E-state index contributed by atoms with van der Waals surface area (Å²) in [6.07, 6.45) is 5.31. The normalized spacial score (nSPS) is 24.6. The molecule has 1 saturated carbocycles. The number of hydrogen-bond donors (Lipinski definition) is 2. The van der Waals surface area contributed by atoms with Crippen LogP contribution in [0.25, 0.3) is 0 Å². The molecular weight excluding hydrogens is 256 g/mol. The molecule has 118 valence electrons. The highest BCUT2D eigenvalue weighted by Gasteiger charge is 2.32. The van der Waals surface area contributed by atoms with Crippen molar-refractivity contribution >= 4 is 5.69 Å². The van der Waals surface area contributed by atoms with Crippen LogP contribution in [0.1, 0.15) is 52.0 Å². The van der Waals surface area contributed by atoms with E-state index in [1.165, 1.54) is 36.9 Å². The second kappa shape index (κ2) is 6.83. The third-order valence-corrected chi connectivity index (χ3v) is 5.19. The van der Waals surface area contributed by atoms with Crippen LogP contribution in [0.15, 0.2) is 24.3 Å². The molecule has 2 heteroatoms. The molecule has 1 aliphatic carbocycles. The van der Waals surface area contributed by atoms with Gasteiger partial charge in [-0.05, 0) is 67.6 Å². The molecule has 0 saturated heterocycles. The number of aryl methyl sites for hydroxylation is 1.